The van der Waals surface area contributed by atoms with Crippen molar-refractivity contribution in [2.45, 2.75) is 26.4 Å². The molecule has 3 unspecified atom stereocenters. The summed E-state index contributed by atoms with van der Waals surface area (Å²) >= 11 is 0. The Morgan fingerprint density at radius 2 is 2.21 bits per heavy atom. The van der Waals surface area contributed by atoms with E-state index in [1.165, 1.54) is 0 Å². The van der Waals surface area contributed by atoms with Gasteiger partial charge in [-0.05, 0) is 19.3 Å². The maximum atomic E-state index is 10.8. The third kappa shape index (κ3) is 2.96. The van der Waals surface area contributed by atoms with Gasteiger partial charge < -0.3 is 15.1 Å². The van der Waals surface area contributed by atoms with Gasteiger partial charge in [0.15, 0.2) is 0 Å². The van der Waals surface area contributed by atoms with Crippen LogP contribution in [0.25, 0.3) is 0 Å². The van der Waals surface area contributed by atoms with Crippen molar-refractivity contribution in [2.75, 3.05) is 19.6 Å². The lowest BCUT2D eigenvalue weighted by molar-refractivity contribution is -0.142. The van der Waals surface area contributed by atoms with Gasteiger partial charge in [0.25, 0.3) is 0 Å². The van der Waals surface area contributed by atoms with Crippen molar-refractivity contribution in [1.82, 2.24) is 4.90 Å². The molecule has 0 aromatic carbocycles. The Morgan fingerprint density at radius 1 is 1.57 bits per heavy atom. The minimum atomic E-state index is -0.697. The molecular weight excluding hydrogens is 182 g/mol. The van der Waals surface area contributed by atoms with E-state index in [0.29, 0.717) is 6.54 Å². The smallest absolute Gasteiger partial charge is 0.308 e. The number of nitrogens with zero attached hydrogens (tertiary/aromatic N) is 1. The van der Waals surface area contributed by atoms with E-state index in [0.717, 1.165) is 19.5 Å². The number of carboxylic acid groups (broad SMARTS) is 1. The normalized spacial score (nSPS) is 30.5. The predicted octanol–water partition coefficient (Wildman–Crippen LogP) is 0.410. The molecule has 1 fully saturated rings. The number of likely N-dealkylation sites (tertiary alicyclic amines) is 1. The number of aliphatic hydroxyl groups is 1. The molecule has 4 nitrogen and oxygen atoms in total. The first kappa shape index (κ1) is 11.5. The zero-order valence-corrected chi connectivity index (χ0v) is 8.81. The van der Waals surface area contributed by atoms with Gasteiger partial charge in [-0.3, -0.25) is 4.79 Å². The molecule has 0 amide bonds. The highest BCUT2D eigenvalue weighted by Crippen LogP contribution is 2.23. The van der Waals surface area contributed by atoms with Crippen molar-refractivity contribution in [3.05, 3.63) is 0 Å². The molecule has 4 heteroatoms. The summed E-state index contributed by atoms with van der Waals surface area (Å²) < 4.78 is 0. The summed E-state index contributed by atoms with van der Waals surface area (Å²) in [5, 5.41) is 18.0. The van der Waals surface area contributed by atoms with Gasteiger partial charge in [-0.15, -0.1) is 0 Å². The van der Waals surface area contributed by atoms with Crippen molar-refractivity contribution >= 4 is 5.97 Å². The predicted molar refractivity (Wildman–Crippen MR) is 53.0 cm³/mol. The number of aliphatic hydroxyl groups excluding tert-OH is 1. The highest BCUT2D eigenvalue weighted by atomic mass is 16.4. The SMILES string of the molecule is CC(O)CCN1CC(C)C(C(=O)O)C1. The molecule has 0 aliphatic carbocycles. The molecule has 3 atom stereocenters. The number of carboxylic acids is 1. The number of hydrogen-bond acceptors (Lipinski definition) is 3. The molecule has 1 aliphatic rings. The molecule has 82 valence electrons. The van der Waals surface area contributed by atoms with Crippen LogP contribution < -0.4 is 0 Å². The topological polar surface area (TPSA) is 60.8 Å². The Bertz CT molecular complexity index is 206. The summed E-state index contributed by atoms with van der Waals surface area (Å²) in [5.74, 6) is -0.706. The van der Waals surface area contributed by atoms with Gasteiger partial charge in [0, 0.05) is 19.6 Å². The zero-order chi connectivity index (χ0) is 10.7. The number of rotatable bonds is 4. The van der Waals surface area contributed by atoms with Crippen LogP contribution in [0.2, 0.25) is 0 Å². The average Bonchev–Trinajstić information content (AvgIpc) is 2.43. The van der Waals surface area contributed by atoms with Crippen LogP contribution in [0.15, 0.2) is 0 Å². The fourth-order valence-corrected chi connectivity index (χ4v) is 1.94. The van der Waals surface area contributed by atoms with Crippen molar-refractivity contribution in [1.29, 1.82) is 0 Å². The maximum Gasteiger partial charge on any atom is 0.308 e. The van der Waals surface area contributed by atoms with Gasteiger partial charge in [0.05, 0.1) is 12.0 Å². The van der Waals surface area contributed by atoms with Crippen LogP contribution in [0.4, 0.5) is 0 Å². The monoisotopic (exact) mass is 201 g/mol. The molecule has 0 spiro atoms. The van der Waals surface area contributed by atoms with Gasteiger partial charge in [-0.1, -0.05) is 6.92 Å². The van der Waals surface area contributed by atoms with Crippen molar-refractivity contribution < 1.29 is 15.0 Å². The Kier molecular flexibility index (Phi) is 3.89. The van der Waals surface area contributed by atoms with Crippen LogP contribution in [0.1, 0.15) is 20.3 Å². The van der Waals surface area contributed by atoms with Crippen molar-refractivity contribution in [2.24, 2.45) is 11.8 Å². The number of hydrogen-bond donors (Lipinski definition) is 2. The van der Waals surface area contributed by atoms with E-state index in [4.69, 9.17) is 10.2 Å². The Labute approximate surface area is 84.5 Å². The molecule has 0 radical (unpaired) electrons. The van der Waals surface area contributed by atoms with Crippen LogP contribution in [0.3, 0.4) is 0 Å². The first-order valence-corrected chi connectivity index (χ1v) is 5.14. The van der Waals surface area contributed by atoms with Crippen LogP contribution in [-0.4, -0.2) is 46.8 Å². The van der Waals surface area contributed by atoms with Gasteiger partial charge in [0.1, 0.15) is 0 Å². The Hall–Kier alpha value is -0.610. The summed E-state index contributed by atoms with van der Waals surface area (Å²) in [5.41, 5.74) is 0. The first-order valence-electron chi connectivity index (χ1n) is 5.14. The second-order valence-electron chi connectivity index (χ2n) is 4.32. The summed E-state index contributed by atoms with van der Waals surface area (Å²) in [6, 6.07) is 0. The van der Waals surface area contributed by atoms with Gasteiger partial charge in [0.2, 0.25) is 0 Å². The molecule has 1 rings (SSSR count). The highest BCUT2D eigenvalue weighted by molar-refractivity contribution is 5.71. The molecule has 1 heterocycles. The maximum absolute atomic E-state index is 10.8. The molecule has 0 saturated carbocycles. The summed E-state index contributed by atoms with van der Waals surface area (Å²) in [7, 11) is 0. The van der Waals surface area contributed by atoms with Crippen molar-refractivity contribution in [3.8, 4) is 0 Å². The number of carbonyl (C=O) groups is 1. The van der Waals surface area contributed by atoms with Crippen molar-refractivity contribution in [3.63, 3.8) is 0 Å². The molecular formula is C10H19NO3. The van der Waals surface area contributed by atoms with Gasteiger partial charge in [-0.25, -0.2) is 0 Å². The summed E-state index contributed by atoms with van der Waals surface area (Å²) in [6.45, 7) is 5.99. The first-order chi connectivity index (χ1) is 6.50. The van der Waals surface area contributed by atoms with E-state index in [9.17, 15) is 4.79 Å². The second kappa shape index (κ2) is 4.75. The summed E-state index contributed by atoms with van der Waals surface area (Å²) in [4.78, 5) is 12.9. The Morgan fingerprint density at radius 3 is 2.64 bits per heavy atom. The van der Waals surface area contributed by atoms with E-state index in [1.54, 1.807) is 6.92 Å². The van der Waals surface area contributed by atoms with E-state index in [1.807, 2.05) is 6.92 Å². The number of aliphatic carboxylic acids is 1. The molecule has 2 N–H and O–H groups in total. The lowest BCUT2D eigenvalue weighted by atomic mass is 9.99. The lowest BCUT2D eigenvalue weighted by Gasteiger charge is -2.15. The van der Waals surface area contributed by atoms with E-state index in [2.05, 4.69) is 4.90 Å². The van der Waals surface area contributed by atoms with Gasteiger partial charge >= 0.3 is 5.97 Å². The fourth-order valence-electron chi connectivity index (χ4n) is 1.94. The average molecular weight is 201 g/mol. The molecule has 0 bridgehead atoms. The quantitative estimate of drug-likeness (QED) is 0.691. The van der Waals surface area contributed by atoms with Crippen LogP contribution in [0, 0.1) is 11.8 Å². The van der Waals surface area contributed by atoms with E-state index < -0.39 is 5.97 Å². The van der Waals surface area contributed by atoms with Gasteiger partial charge in [-0.2, -0.15) is 0 Å². The third-order valence-electron chi connectivity index (χ3n) is 2.87. The van der Waals surface area contributed by atoms with Crippen LogP contribution in [0.5, 0.6) is 0 Å². The van der Waals surface area contributed by atoms with Crippen LogP contribution in [-0.2, 0) is 4.79 Å². The second-order valence-corrected chi connectivity index (χ2v) is 4.32. The molecule has 0 aromatic rings. The standard InChI is InChI=1S/C10H19NO3/c1-7-5-11(4-3-8(2)12)6-9(7)10(13)14/h7-9,12H,3-6H2,1-2H3,(H,13,14). The Balaban J connectivity index is 2.35. The third-order valence-corrected chi connectivity index (χ3v) is 2.87. The minimum absolute atomic E-state index is 0.224. The molecule has 1 aliphatic heterocycles. The largest absolute Gasteiger partial charge is 0.481 e. The van der Waals surface area contributed by atoms with E-state index in [-0.39, 0.29) is 17.9 Å². The molecule has 14 heavy (non-hydrogen) atoms. The molecule has 0 aromatic heterocycles. The molecule has 1 saturated heterocycles. The minimum Gasteiger partial charge on any atom is -0.481 e. The zero-order valence-electron chi connectivity index (χ0n) is 8.81. The highest BCUT2D eigenvalue weighted by Gasteiger charge is 2.34. The van der Waals surface area contributed by atoms with Crippen LogP contribution >= 0.6 is 0 Å². The lowest BCUT2D eigenvalue weighted by Crippen LogP contribution is -2.26. The summed E-state index contributed by atoms with van der Waals surface area (Å²) in [6.07, 6.45) is 0.424. The fraction of sp³-hybridized carbons (Fsp3) is 0.900. The van der Waals surface area contributed by atoms with E-state index >= 15 is 0 Å².